The van der Waals surface area contributed by atoms with E-state index >= 15 is 0 Å². The summed E-state index contributed by atoms with van der Waals surface area (Å²) >= 11 is 5.67. The molecule has 2 aromatic rings. The van der Waals surface area contributed by atoms with Crippen LogP contribution in [0.3, 0.4) is 0 Å². The van der Waals surface area contributed by atoms with Crippen molar-refractivity contribution >= 4 is 17.5 Å². The zero-order chi connectivity index (χ0) is 24.9. The molecule has 0 aromatic heterocycles. The van der Waals surface area contributed by atoms with Crippen molar-refractivity contribution in [3.63, 3.8) is 0 Å². The van der Waals surface area contributed by atoms with E-state index in [-0.39, 0.29) is 53.8 Å². The molecule has 0 aliphatic carbocycles. The molecule has 3 unspecified atom stereocenters. The molecule has 0 radical (unpaired) electrons. The van der Waals surface area contributed by atoms with E-state index in [0.717, 1.165) is 38.2 Å². The van der Waals surface area contributed by atoms with E-state index in [4.69, 9.17) is 21.1 Å². The molecule has 35 heavy (non-hydrogen) atoms. The second-order valence-electron chi connectivity index (χ2n) is 9.41. The number of aliphatic hydroxyl groups excluding tert-OH is 1. The maximum absolute atomic E-state index is 13.7. The fourth-order valence-corrected chi connectivity index (χ4v) is 5.15. The second-order valence-corrected chi connectivity index (χ2v) is 9.82. The average molecular weight is 509 g/mol. The summed E-state index contributed by atoms with van der Waals surface area (Å²) in [4.78, 5) is 14.7. The molecule has 9 heteroatoms. The first kappa shape index (κ1) is 25.7. The van der Waals surface area contributed by atoms with Gasteiger partial charge in [-0.05, 0) is 56.4 Å². The summed E-state index contributed by atoms with van der Waals surface area (Å²) in [6.45, 7) is 2.04. The molecule has 6 nitrogen and oxygen atoms in total. The number of rotatable bonds is 9. The molecule has 2 fully saturated rings. The Morgan fingerprint density at radius 1 is 1.11 bits per heavy atom. The highest BCUT2D eigenvalue weighted by Crippen LogP contribution is 2.34. The first-order valence-electron chi connectivity index (χ1n) is 12.0. The number of amides is 1. The molecule has 4 rings (SSSR count). The SMILES string of the molecule is Cc1ccc(OCC(O)CN2C3CCCC2CC(NC(=O)COc2ccc(Cl)c(F)c2)C3)cc1F. The molecule has 0 saturated carbocycles. The number of hydrogen-bond acceptors (Lipinski definition) is 5. The lowest BCUT2D eigenvalue weighted by molar-refractivity contribution is -0.124. The fraction of sp³-hybridized carbons (Fsp3) is 0.500. The van der Waals surface area contributed by atoms with Gasteiger partial charge in [0.15, 0.2) is 6.61 Å². The Labute approximate surface area is 209 Å². The van der Waals surface area contributed by atoms with Crippen molar-refractivity contribution in [2.24, 2.45) is 0 Å². The summed E-state index contributed by atoms with van der Waals surface area (Å²) in [5.41, 5.74) is 0.547. The van der Waals surface area contributed by atoms with Gasteiger partial charge in [-0.25, -0.2) is 8.78 Å². The number of piperidine rings is 2. The number of nitrogens with zero attached hydrogens (tertiary/aromatic N) is 1. The third kappa shape index (κ3) is 6.84. The molecule has 0 spiro atoms. The standard InChI is InChI=1S/C26H31ClF2N2O4/c1-16-5-6-21(11-24(16)28)34-14-20(32)13-31-18-3-2-4-19(31)10-17(9-18)30-26(33)15-35-22-7-8-23(27)25(29)12-22/h5-8,11-12,17-20,32H,2-4,9-10,13-15H2,1H3,(H,30,33). The number of hydrogen-bond donors (Lipinski definition) is 2. The van der Waals surface area contributed by atoms with Crippen LogP contribution in [0.2, 0.25) is 5.02 Å². The van der Waals surface area contributed by atoms with Crippen LogP contribution in [0, 0.1) is 18.6 Å². The normalized spacial score (nSPS) is 22.9. The van der Waals surface area contributed by atoms with Crippen molar-refractivity contribution in [1.29, 1.82) is 0 Å². The van der Waals surface area contributed by atoms with Crippen LogP contribution in [-0.2, 0) is 4.79 Å². The van der Waals surface area contributed by atoms with Gasteiger partial charge in [0.25, 0.3) is 5.91 Å². The quantitative estimate of drug-likeness (QED) is 0.530. The van der Waals surface area contributed by atoms with Gasteiger partial charge in [-0.15, -0.1) is 0 Å². The number of aryl methyl sites for hydroxylation is 1. The van der Waals surface area contributed by atoms with Gasteiger partial charge in [0.1, 0.15) is 35.8 Å². The molecule has 2 N–H and O–H groups in total. The van der Waals surface area contributed by atoms with E-state index in [0.29, 0.717) is 17.9 Å². The molecule has 1 amide bonds. The van der Waals surface area contributed by atoms with Crippen LogP contribution >= 0.6 is 11.6 Å². The van der Waals surface area contributed by atoms with Crippen LogP contribution in [0.4, 0.5) is 8.78 Å². The summed E-state index contributed by atoms with van der Waals surface area (Å²) in [7, 11) is 0. The van der Waals surface area contributed by atoms with Gasteiger partial charge in [0.05, 0.1) is 5.02 Å². The Morgan fingerprint density at radius 2 is 1.77 bits per heavy atom. The number of carbonyl (C=O) groups is 1. The average Bonchev–Trinajstić information content (AvgIpc) is 2.81. The van der Waals surface area contributed by atoms with E-state index in [1.807, 2.05) is 0 Å². The Balaban J connectivity index is 1.24. The molecular weight excluding hydrogens is 478 g/mol. The third-order valence-corrected chi connectivity index (χ3v) is 7.07. The first-order chi connectivity index (χ1) is 16.8. The largest absolute Gasteiger partial charge is 0.491 e. The zero-order valence-electron chi connectivity index (χ0n) is 19.7. The lowest BCUT2D eigenvalue weighted by Gasteiger charge is -2.49. The lowest BCUT2D eigenvalue weighted by atomic mass is 9.81. The first-order valence-corrected chi connectivity index (χ1v) is 12.4. The van der Waals surface area contributed by atoms with Crippen molar-refractivity contribution in [1.82, 2.24) is 10.2 Å². The second kappa shape index (κ2) is 11.5. The molecule has 2 saturated heterocycles. The van der Waals surface area contributed by atoms with Crippen LogP contribution in [0.25, 0.3) is 0 Å². The highest BCUT2D eigenvalue weighted by atomic mass is 35.5. The molecule has 3 atom stereocenters. The highest BCUT2D eigenvalue weighted by Gasteiger charge is 2.39. The Morgan fingerprint density at radius 3 is 2.46 bits per heavy atom. The lowest BCUT2D eigenvalue weighted by Crippen LogP contribution is -2.59. The molecule has 2 bridgehead atoms. The number of halogens is 3. The van der Waals surface area contributed by atoms with Crippen LogP contribution in [-0.4, -0.2) is 59.9 Å². The summed E-state index contributed by atoms with van der Waals surface area (Å²) in [5, 5.41) is 13.6. The predicted octanol–water partition coefficient (Wildman–Crippen LogP) is 4.25. The van der Waals surface area contributed by atoms with Crippen LogP contribution in [0.1, 0.15) is 37.7 Å². The molecule has 2 aliphatic heterocycles. The van der Waals surface area contributed by atoms with E-state index in [2.05, 4.69) is 10.2 Å². The zero-order valence-corrected chi connectivity index (χ0v) is 20.4. The highest BCUT2D eigenvalue weighted by molar-refractivity contribution is 6.30. The van der Waals surface area contributed by atoms with Crippen molar-refractivity contribution in [2.75, 3.05) is 19.8 Å². The Hall–Kier alpha value is -2.42. The van der Waals surface area contributed by atoms with Gasteiger partial charge in [0.2, 0.25) is 0 Å². The van der Waals surface area contributed by atoms with Gasteiger partial charge in [-0.3, -0.25) is 9.69 Å². The summed E-state index contributed by atoms with van der Waals surface area (Å²) in [5.74, 6) is -0.531. The maximum atomic E-state index is 13.7. The monoisotopic (exact) mass is 508 g/mol. The minimum absolute atomic E-state index is 0.000768. The molecular formula is C26H31ClF2N2O4. The molecule has 190 valence electrons. The van der Waals surface area contributed by atoms with E-state index in [9.17, 15) is 18.7 Å². The summed E-state index contributed by atoms with van der Waals surface area (Å²) < 4.78 is 38.3. The van der Waals surface area contributed by atoms with E-state index < -0.39 is 11.9 Å². The van der Waals surface area contributed by atoms with Gasteiger partial charge in [-0.1, -0.05) is 24.1 Å². The number of carbonyl (C=O) groups excluding carboxylic acids is 1. The Kier molecular flexibility index (Phi) is 8.46. The number of aliphatic hydroxyl groups is 1. The van der Waals surface area contributed by atoms with Crippen LogP contribution < -0.4 is 14.8 Å². The van der Waals surface area contributed by atoms with Crippen molar-refractivity contribution in [3.8, 4) is 11.5 Å². The van der Waals surface area contributed by atoms with Gasteiger partial charge in [0, 0.05) is 36.8 Å². The number of benzene rings is 2. The third-order valence-electron chi connectivity index (χ3n) is 6.76. The van der Waals surface area contributed by atoms with Crippen molar-refractivity contribution < 1.29 is 28.2 Å². The Bertz CT molecular complexity index is 1030. The van der Waals surface area contributed by atoms with Gasteiger partial charge >= 0.3 is 0 Å². The van der Waals surface area contributed by atoms with E-state index in [1.165, 1.54) is 18.2 Å². The maximum Gasteiger partial charge on any atom is 0.258 e. The number of nitrogens with one attached hydrogen (secondary N) is 1. The molecule has 2 heterocycles. The summed E-state index contributed by atoms with van der Waals surface area (Å²) in [6, 6.07) is 9.27. The van der Waals surface area contributed by atoms with E-state index in [1.54, 1.807) is 19.1 Å². The smallest absolute Gasteiger partial charge is 0.258 e. The molecule has 2 aromatic carbocycles. The van der Waals surface area contributed by atoms with Crippen LogP contribution in [0.15, 0.2) is 36.4 Å². The predicted molar refractivity (Wildman–Crippen MR) is 129 cm³/mol. The summed E-state index contributed by atoms with van der Waals surface area (Å²) in [6.07, 6.45) is 3.98. The minimum Gasteiger partial charge on any atom is -0.491 e. The minimum atomic E-state index is -0.707. The number of fused-ring (bicyclic) bond motifs is 2. The number of ether oxygens (including phenoxy) is 2. The van der Waals surface area contributed by atoms with Crippen molar-refractivity contribution in [2.45, 2.75) is 63.3 Å². The van der Waals surface area contributed by atoms with Gasteiger partial charge in [-0.2, -0.15) is 0 Å². The fourth-order valence-electron chi connectivity index (χ4n) is 5.03. The molecule has 2 aliphatic rings. The van der Waals surface area contributed by atoms with Crippen LogP contribution in [0.5, 0.6) is 11.5 Å². The topological polar surface area (TPSA) is 71.0 Å². The van der Waals surface area contributed by atoms with Gasteiger partial charge < -0.3 is 19.9 Å². The van der Waals surface area contributed by atoms with Crippen molar-refractivity contribution in [3.05, 3.63) is 58.6 Å².